The second-order valence-corrected chi connectivity index (χ2v) is 9.41. The zero-order valence-electron chi connectivity index (χ0n) is 16.6. The molecule has 2 aromatic rings. The van der Waals surface area contributed by atoms with Crippen LogP contribution in [0, 0.1) is 5.21 Å². The van der Waals surface area contributed by atoms with Gasteiger partial charge in [-0.3, -0.25) is 4.90 Å². The molecule has 4 rings (SSSR count). The first-order valence-electron chi connectivity index (χ1n) is 9.76. The summed E-state index contributed by atoms with van der Waals surface area (Å²) in [5.74, 6) is 0. The Morgan fingerprint density at radius 2 is 1.78 bits per heavy atom. The maximum atomic E-state index is 13.0. The van der Waals surface area contributed by atoms with Crippen LogP contribution in [-0.4, -0.2) is 37.9 Å². The van der Waals surface area contributed by atoms with Gasteiger partial charge in [0, 0.05) is 30.4 Å². The standard InChI is InChI=1S/C20H19F3N3O5S/c21-20(22,23)14-5-6-18(16(11-14)24-28)32(29,30)25-9-7-15(8-10-25)26-17-4-2-1-3-13(17)12-31-19(26)27/h1-6,11,15,24H,7-10,12H2/q-1. The molecule has 0 aromatic heterocycles. The third-order valence-corrected chi connectivity index (χ3v) is 7.58. The van der Waals surface area contributed by atoms with Gasteiger partial charge >= 0.3 is 12.3 Å². The number of nitrogens with zero attached hydrogens (tertiary/aromatic N) is 2. The third-order valence-electron chi connectivity index (χ3n) is 5.62. The lowest BCUT2D eigenvalue weighted by molar-refractivity contribution is -0.137. The van der Waals surface area contributed by atoms with E-state index >= 15 is 0 Å². The van der Waals surface area contributed by atoms with Gasteiger partial charge in [0.15, 0.2) is 0 Å². The van der Waals surface area contributed by atoms with Crippen LogP contribution >= 0.6 is 0 Å². The van der Waals surface area contributed by atoms with Crippen molar-refractivity contribution in [2.45, 2.75) is 36.6 Å². The van der Waals surface area contributed by atoms with E-state index in [1.807, 2.05) is 12.1 Å². The van der Waals surface area contributed by atoms with E-state index in [0.717, 1.165) is 15.9 Å². The van der Waals surface area contributed by atoms with Crippen molar-refractivity contribution in [1.82, 2.24) is 4.31 Å². The molecular formula is C20H19F3N3O5S-. The van der Waals surface area contributed by atoms with Crippen molar-refractivity contribution < 1.29 is 31.1 Å². The number of carbonyl (C=O) groups is 1. The SMILES string of the molecule is O=C1OCc2ccccc2N1C1CCN(S(=O)(=O)c2ccc(C(F)(F)F)cc2N[O-])CC1. The van der Waals surface area contributed by atoms with Crippen molar-refractivity contribution in [3.8, 4) is 0 Å². The zero-order chi connectivity index (χ0) is 23.1. The molecule has 2 heterocycles. The monoisotopic (exact) mass is 470 g/mol. The molecule has 2 aliphatic rings. The number of cyclic esters (lactones) is 1. The lowest BCUT2D eigenvalue weighted by atomic mass is 10.0. The van der Waals surface area contributed by atoms with Crippen LogP contribution in [0.5, 0.6) is 0 Å². The first-order chi connectivity index (χ1) is 15.1. The lowest BCUT2D eigenvalue weighted by Gasteiger charge is -2.39. The van der Waals surface area contributed by atoms with Gasteiger partial charge in [-0.1, -0.05) is 18.2 Å². The number of benzene rings is 2. The molecule has 12 heteroatoms. The molecule has 0 aliphatic carbocycles. The maximum absolute atomic E-state index is 13.0. The Balaban J connectivity index is 1.54. The van der Waals surface area contributed by atoms with E-state index in [9.17, 15) is 31.6 Å². The van der Waals surface area contributed by atoms with Gasteiger partial charge in [0.1, 0.15) is 11.5 Å². The number of anilines is 2. The molecule has 0 unspecified atom stereocenters. The molecule has 2 aromatic carbocycles. The molecule has 1 saturated heterocycles. The number of alkyl halides is 3. The summed E-state index contributed by atoms with van der Waals surface area (Å²) < 4.78 is 71.1. The predicted molar refractivity (Wildman–Crippen MR) is 109 cm³/mol. The van der Waals surface area contributed by atoms with Gasteiger partial charge in [-0.2, -0.15) is 17.5 Å². The number of sulfonamides is 1. The van der Waals surface area contributed by atoms with Gasteiger partial charge in [0.2, 0.25) is 10.0 Å². The average Bonchev–Trinajstić information content (AvgIpc) is 2.78. The molecule has 1 fully saturated rings. The first-order valence-corrected chi connectivity index (χ1v) is 11.2. The largest absolute Gasteiger partial charge is 0.761 e. The van der Waals surface area contributed by atoms with E-state index < -0.39 is 38.4 Å². The number of carbonyl (C=O) groups excluding carboxylic acids is 1. The Morgan fingerprint density at radius 3 is 2.44 bits per heavy atom. The molecule has 1 amide bonds. The van der Waals surface area contributed by atoms with Gasteiger partial charge in [-0.25, -0.2) is 13.2 Å². The van der Waals surface area contributed by atoms with E-state index in [-0.39, 0.29) is 25.7 Å². The van der Waals surface area contributed by atoms with Crippen molar-refractivity contribution in [3.05, 3.63) is 58.8 Å². The quantitative estimate of drug-likeness (QED) is 0.680. The summed E-state index contributed by atoms with van der Waals surface area (Å²) in [5, 5.41) is 11.2. The van der Waals surface area contributed by atoms with Crippen LogP contribution in [0.3, 0.4) is 0 Å². The van der Waals surface area contributed by atoms with Crippen LogP contribution < -0.4 is 10.4 Å². The van der Waals surface area contributed by atoms with Crippen molar-refractivity contribution in [1.29, 1.82) is 0 Å². The minimum absolute atomic E-state index is 0.0261. The van der Waals surface area contributed by atoms with E-state index in [1.54, 1.807) is 12.1 Å². The second kappa shape index (κ2) is 8.26. The van der Waals surface area contributed by atoms with Crippen molar-refractivity contribution in [3.63, 3.8) is 0 Å². The molecule has 0 atom stereocenters. The highest BCUT2D eigenvalue weighted by Crippen LogP contribution is 2.36. The van der Waals surface area contributed by atoms with Crippen molar-refractivity contribution in [2.75, 3.05) is 23.5 Å². The van der Waals surface area contributed by atoms with Gasteiger partial charge < -0.3 is 15.4 Å². The molecule has 0 bridgehead atoms. The van der Waals surface area contributed by atoms with E-state index in [0.29, 0.717) is 30.7 Å². The lowest BCUT2D eigenvalue weighted by Crippen LogP contribution is -2.50. The molecule has 0 radical (unpaired) electrons. The van der Waals surface area contributed by atoms with E-state index in [4.69, 9.17) is 4.74 Å². The first kappa shape index (κ1) is 22.4. The highest BCUT2D eigenvalue weighted by atomic mass is 32.2. The fourth-order valence-corrected chi connectivity index (χ4v) is 5.60. The zero-order valence-corrected chi connectivity index (χ0v) is 17.4. The molecule has 0 spiro atoms. The highest BCUT2D eigenvalue weighted by molar-refractivity contribution is 7.89. The number of halogens is 3. The fourth-order valence-electron chi connectivity index (χ4n) is 4.01. The molecule has 0 saturated carbocycles. The van der Waals surface area contributed by atoms with Gasteiger partial charge in [-0.15, -0.1) is 0 Å². The number of hydrogen-bond acceptors (Lipinski definition) is 6. The minimum atomic E-state index is -4.72. The Hall–Kier alpha value is -2.83. The summed E-state index contributed by atoms with van der Waals surface area (Å²) in [7, 11) is -4.23. The van der Waals surface area contributed by atoms with Crippen LogP contribution in [0.1, 0.15) is 24.0 Å². The summed E-state index contributed by atoms with van der Waals surface area (Å²) in [6.07, 6.45) is -4.64. The number of hydrogen-bond donors (Lipinski definition) is 1. The van der Waals surface area contributed by atoms with Gasteiger partial charge in [0.05, 0.1) is 11.3 Å². The average molecular weight is 470 g/mol. The summed E-state index contributed by atoms with van der Waals surface area (Å²) in [5.41, 5.74) is 1.06. The van der Waals surface area contributed by atoms with Crippen LogP contribution in [-0.2, 0) is 27.5 Å². The number of piperidine rings is 1. The molecule has 172 valence electrons. The normalized spacial score (nSPS) is 18.2. The van der Waals surface area contributed by atoms with E-state index in [1.165, 1.54) is 10.4 Å². The molecular weight excluding hydrogens is 451 g/mol. The predicted octanol–water partition coefficient (Wildman–Crippen LogP) is 3.93. The summed E-state index contributed by atoms with van der Waals surface area (Å²) >= 11 is 0. The van der Waals surface area contributed by atoms with Crippen LogP contribution in [0.25, 0.3) is 0 Å². The van der Waals surface area contributed by atoms with Crippen LogP contribution in [0.2, 0.25) is 0 Å². The van der Waals surface area contributed by atoms with Gasteiger partial charge in [-0.05, 0) is 37.1 Å². The van der Waals surface area contributed by atoms with Crippen molar-refractivity contribution in [2.24, 2.45) is 0 Å². The number of para-hydroxylation sites is 1. The number of nitrogens with one attached hydrogen (secondary N) is 1. The van der Waals surface area contributed by atoms with Crippen molar-refractivity contribution >= 4 is 27.5 Å². The van der Waals surface area contributed by atoms with Crippen LogP contribution in [0.4, 0.5) is 29.3 Å². The number of ether oxygens (including phenoxy) is 1. The smallest absolute Gasteiger partial charge is 0.416 e. The molecule has 2 aliphatic heterocycles. The number of rotatable bonds is 4. The molecule has 8 nitrogen and oxygen atoms in total. The Labute approximate surface area is 182 Å². The maximum Gasteiger partial charge on any atom is 0.416 e. The summed E-state index contributed by atoms with van der Waals surface area (Å²) in [6.45, 7) is 0.216. The topological polar surface area (TPSA) is 102 Å². The minimum Gasteiger partial charge on any atom is -0.761 e. The Morgan fingerprint density at radius 1 is 1.09 bits per heavy atom. The van der Waals surface area contributed by atoms with Crippen LogP contribution in [0.15, 0.2) is 47.4 Å². The number of amides is 1. The van der Waals surface area contributed by atoms with E-state index in [2.05, 4.69) is 0 Å². The highest BCUT2D eigenvalue weighted by Gasteiger charge is 2.38. The molecule has 1 N–H and O–H groups in total. The van der Waals surface area contributed by atoms with Gasteiger partial charge in [0.25, 0.3) is 0 Å². The number of fused-ring (bicyclic) bond motifs is 1. The molecule has 32 heavy (non-hydrogen) atoms. The summed E-state index contributed by atoms with van der Waals surface area (Å²) in [6, 6.07) is 8.85. The third kappa shape index (κ3) is 4.00. The Bertz CT molecular complexity index is 1130. The summed E-state index contributed by atoms with van der Waals surface area (Å²) in [4.78, 5) is 13.4. The fraction of sp³-hybridized carbons (Fsp3) is 0.350. The second-order valence-electron chi connectivity index (χ2n) is 7.50. The Kier molecular flexibility index (Phi) is 5.77.